The summed E-state index contributed by atoms with van der Waals surface area (Å²) in [4.78, 5) is 34.1. The fourth-order valence-electron chi connectivity index (χ4n) is 2.08. The van der Waals surface area contributed by atoms with Gasteiger partial charge in [0.05, 0.1) is 10.2 Å². The van der Waals surface area contributed by atoms with Gasteiger partial charge in [-0.25, -0.2) is 0 Å². The van der Waals surface area contributed by atoms with Gasteiger partial charge in [0.15, 0.2) is 0 Å². The van der Waals surface area contributed by atoms with Crippen LogP contribution >= 0.6 is 11.8 Å². The molecule has 1 aliphatic heterocycles. The zero-order chi connectivity index (χ0) is 16.1. The molecule has 0 aliphatic carbocycles. The number of carbonyl (C=O) groups excluding carboxylic acids is 2. The first kappa shape index (κ1) is 16.3. The van der Waals surface area contributed by atoms with Crippen LogP contribution in [0.25, 0.3) is 0 Å². The monoisotopic (exact) mass is 323 g/mol. The fraction of sp³-hybridized carbons (Fsp3) is 0.429. The van der Waals surface area contributed by atoms with E-state index in [2.05, 4.69) is 10.6 Å². The molecular formula is C14H17N3O4S. The van der Waals surface area contributed by atoms with Crippen molar-refractivity contribution in [1.82, 2.24) is 10.6 Å². The van der Waals surface area contributed by atoms with E-state index < -0.39 is 4.92 Å². The average Bonchev–Trinajstić information content (AvgIpc) is 2.50. The van der Waals surface area contributed by atoms with E-state index in [-0.39, 0.29) is 28.8 Å². The molecule has 1 aromatic rings. The molecule has 0 unspecified atom stereocenters. The molecule has 0 radical (unpaired) electrons. The summed E-state index contributed by atoms with van der Waals surface area (Å²) in [6.07, 6.45) is 1.07. The van der Waals surface area contributed by atoms with Crippen LogP contribution in [0.2, 0.25) is 0 Å². The van der Waals surface area contributed by atoms with Crippen LogP contribution in [-0.2, 0) is 9.59 Å². The topological polar surface area (TPSA) is 101 Å². The quantitative estimate of drug-likeness (QED) is 0.485. The van der Waals surface area contributed by atoms with Crippen molar-refractivity contribution >= 4 is 29.3 Å². The highest BCUT2D eigenvalue weighted by molar-refractivity contribution is 8.00. The van der Waals surface area contributed by atoms with Crippen molar-refractivity contribution < 1.29 is 14.5 Å². The van der Waals surface area contributed by atoms with Gasteiger partial charge in [0.25, 0.3) is 5.69 Å². The van der Waals surface area contributed by atoms with Gasteiger partial charge >= 0.3 is 0 Å². The molecular weight excluding hydrogens is 306 g/mol. The molecule has 2 rings (SSSR count). The number of thioether (sulfide) groups is 1. The zero-order valence-electron chi connectivity index (χ0n) is 12.1. The number of amides is 2. The molecule has 1 heterocycles. The third kappa shape index (κ3) is 4.45. The highest BCUT2D eigenvalue weighted by atomic mass is 32.2. The van der Waals surface area contributed by atoms with Crippen LogP contribution in [0.4, 0.5) is 5.69 Å². The molecule has 0 bridgehead atoms. The lowest BCUT2D eigenvalue weighted by Gasteiger charge is -2.24. The van der Waals surface area contributed by atoms with Crippen LogP contribution in [0, 0.1) is 10.1 Å². The number of nitro benzene ring substituents is 1. The first-order valence-corrected chi connectivity index (χ1v) is 7.82. The van der Waals surface area contributed by atoms with Crippen LogP contribution in [0.15, 0.2) is 29.2 Å². The van der Waals surface area contributed by atoms with Crippen LogP contribution in [0.3, 0.4) is 0 Å². The van der Waals surface area contributed by atoms with Gasteiger partial charge in [-0.1, -0.05) is 0 Å². The Bertz CT molecular complexity index is 566. The largest absolute Gasteiger partial charge is 0.354 e. The van der Waals surface area contributed by atoms with E-state index in [0.29, 0.717) is 19.4 Å². The number of hydrogen-bond donors (Lipinski definition) is 2. The van der Waals surface area contributed by atoms with Crippen molar-refractivity contribution in [2.45, 2.75) is 36.0 Å². The number of nitrogens with one attached hydrogen (secondary N) is 2. The minimum atomic E-state index is -0.456. The van der Waals surface area contributed by atoms with Gasteiger partial charge < -0.3 is 10.6 Å². The first-order chi connectivity index (χ1) is 10.5. The second kappa shape index (κ2) is 7.26. The molecule has 1 fully saturated rings. The number of nitro groups is 1. The van der Waals surface area contributed by atoms with Gasteiger partial charge in [0.1, 0.15) is 0 Å². The molecule has 1 aromatic carbocycles. The van der Waals surface area contributed by atoms with Crippen molar-refractivity contribution in [3.8, 4) is 0 Å². The summed E-state index contributed by atoms with van der Waals surface area (Å²) >= 11 is 1.34. The smallest absolute Gasteiger partial charge is 0.269 e. The zero-order valence-corrected chi connectivity index (χ0v) is 12.9. The van der Waals surface area contributed by atoms with E-state index in [0.717, 1.165) is 4.90 Å². The van der Waals surface area contributed by atoms with Crippen molar-refractivity contribution in [2.24, 2.45) is 0 Å². The molecule has 0 saturated carbocycles. The Balaban J connectivity index is 1.85. The van der Waals surface area contributed by atoms with E-state index >= 15 is 0 Å². The number of non-ortho nitro benzene ring substituents is 1. The van der Waals surface area contributed by atoms with Crippen LogP contribution in [-0.4, -0.2) is 34.6 Å². The number of nitrogens with zero attached hydrogens (tertiary/aromatic N) is 1. The Hall–Kier alpha value is -2.09. The highest BCUT2D eigenvalue weighted by Crippen LogP contribution is 2.25. The standard InChI is InChI=1S/C14H17N3O4S/c1-9(14(19)16-10-2-7-13(18)15-8-10)22-12-5-3-11(4-6-12)17(20)21/h3-6,9-10H,2,7-8H2,1H3,(H,15,18)(H,16,19)/t9-,10-/m0/s1. The minimum absolute atomic E-state index is 0.0128. The maximum Gasteiger partial charge on any atom is 0.269 e. The van der Waals surface area contributed by atoms with Crippen molar-refractivity contribution in [3.63, 3.8) is 0 Å². The number of carbonyl (C=O) groups is 2. The Labute approximate surface area is 132 Å². The lowest BCUT2D eigenvalue weighted by molar-refractivity contribution is -0.384. The molecule has 0 aromatic heterocycles. The summed E-state index contributed by atoms with van der Waals surface area (Å²) < 4.78 is 0. The number of rotatable bonds is 5. The predicted octanol–water partition coefficient (Wildman–Crippen LogP) is 1.47. The Morgan fingerprint density at radius 3 is 2.68 bits per heavy atom. The van der Waals surface area contributed by atoms with Gasteiger partial charge in [-0.2, -0.15) is 0 Å². The summed E-state index contributed by atoms with van der Waals surface area (Å²) in [6, 6.07) is 6.07. The summed E-state index contributed by atoms with van der Waals surface area (Å²) in [5.41, 5.74) is 0.0272. The third-order valence-electron chi connectivity index (χ3n) is 3.34. The SMILES string of the molecule is C[C@H](Sc1ccc([N+](=O)[O-])cc1)C(=O)N[C@H]1CCC(=O)NC1. The van der Waals surface area contributed by atoms with Crippen molar-refractivity contribution in [3.05, 3.63) is 34.4 Å². The first-order valence-electron chi connectivity index (χ1n) is 6.94. The maximum atomic E-state index is 12.1. The second-order valence-electron chi connectivity index (χ2n) is 5.06. The molecule has 118 valence electrons. The Morgan fingerprint density at radius 2 is 2.14 bits per heavy atom. The molecule has 2 N–H and O–H groups in total. The molecule has 7 nitrogen and oxygen atoms in total. The molecule has 22 heavy (non-hydrogen) atoms. The van der Waals surface area contributed by atoms with Gasteiger partial charge in [0.2, 0.25) is 11.8 Å². The van der Waals surface area contributed by atoms with Gasteiger partial charge in [-0.15, -0.1) is 11.8 Å². The van der Waals surface area contributed by atoms with E-state index in [1.807, 2.05) is 0 Å². The average molecular weight is 323 g/mol. The summed E-state index contributed by atoms with van der Waals surface area (Å²) in [6.45, 7) is 2.24. The molecule has 1 aliphatic rings. The van der Waals surface area contributed by atoms with Crippen LogP contribution in [0.1, 0.15) is 19.8 Å². The summed E-state index contributed by atoms with van der Waals surface area (Å²) in [7, 11) is 0. The predicted molar refractivity (Wildman–Crippen MR) is 82.6 cm³/mol. The number of piperidine rings is 1. The second-order valence-corrected chi connectivity index (χ2v) is 6.47. The Morgan fingerprint density at radius 1 is 1.45 bits per heavy atom. The van der Waals surface area contributed by atoms with Gasteiger partial charge in [-0.05, 0) is 25.5 Å². The van der Waals surface area contributed by atoms with E-state index in [1.54, 1.807) is 19.1 Å². The van der Waals surface area contributed by atoms with Crippen LogP contribution < -0.4 is 10.6 Å². The van der Waals surface area contributed by atoms with E-state index in [1.165, 1.54) is 23.9 Å². The lowest BCUT2D eigenvalue weighted by atomic mass is 10.1. The Kier molecular flexibility index (Phi) is 5.37. The molecule has 2 amide bonds. The highest BCUT2D eigenvalue weighted by Gasteiger charge is 2.22. The van der Waals surface area contributed by atoms with Crippen LogP contribution in [0.5, 0.6) is 0 Å². The fourth-order valence-corrected chi connectivity index (χ4v) is 2.96. The minimum Gasteiger partial charge on any atom is -0.354 e. The summed E-state index contributed by atoms with van der Waals surface area (Å²) in [5, 5.41) is 15.9. The molecule has 2 atom stereocenters. The normalized spacial score (nSPS) is 19.1. The van der Waals surface area contributed by atoms with Crippen molar-refractivity contribution in [2.75, 3.05) is 6.54 Å². The van der Waals surface area contributed by atoms with Gasteiger partial charge in [0, 0.05) is 36.0 Å². The maximum absolute atomic E-state index is 12.1. The third-order valence-corrected chi connectivity index (χ3v) is 4.45. The number of benzene rings is 1. The van der Waals surface area contributed by atoms with Gasteiger partial charge in [-0.3, -0.25) is 19.7 Å². The number of hydrogen-bond acceptors (Lipinski definition) is 5. The molecule has 0 spiro atoms. The molecule has 1 saturated heterocycles. The summed E-state index contributed by atoms with van der Waals surface area (Å²) in [5.74, 6) is -0.0942. The van der Waals surface area contributed by atoms with E-state index in [4.69, 9.17) is 0 Å². The van der Waals surface area contributed by atoms with Crippen molar-refractivity contribution in [1.29, 1.82) is 0 Å². The lowest BCUT2D eigenvalue weighted by Crippen LogP contribution is -2.49. The molecule has 8 heteroatoms. The van der Waals surface area contributed by atoms with E-state index in [9.17, 15) is 19.7 Å².